The number of rotatable bonds is 6. The fourth-order valence-electron chi connectivity index (χ4n) is 3.07. The van der Waals surface area contributed by atoms with Gasteiger partial charge in [0.1, 0.15) is 5.37 Å². The Labute approximate surface area is 155 Å². The van der Waals surface area contributed by atoms with Gasteiger partial charge in [-0.2, -0.15) is 0 Å². The summed E-state index contributed by atoms with van der Waals surface area (Å²) in [5.74, 6) is 0.151. The van der Waals surface area contributed by atoms with Gasteiger partial charge in [0.15, 0.2) is 0 Å². The van der Waals surface area contributed by atoms with Gasteiger partial charge in [-0.3, -0.25) is 4.79 Å². The first-order valence-electron chi connectivity index (χ1n) is 8.92. The van der Waals surface area contributed by atoms with E-state index in [1.54, 1.807) is 16.7 Å². The van der Waals surface area contributed by atoms with Crippen molar-refractivity contribution in [3.05, 3.63) is 35.4 Å². The summed E-state index contributed by atoms with van der Waals surface area (Å²) in [6, 6.07) is 8.22. The van der Waals surface area contributed by atoms with Crippen LogP contribution in [0.5, 0.6) is 0 Å². The van der Waals surface area contributed by atoms with Crippen LogP contribution < -0.4 is 5.32 Å². The average molecular weight is 364 g/mol. The third-order valence-corrected chi connectivity index (χ3v) is 5.87. The molecule has 0 saturated carbocycles. The van der Waals surface area contributed by atoms with Gasteiger partial charge >= 0.3 is 6.03 Å². The lowest BCUT2D eigenvalue weighted by Gasteiger charge is -2.31. The van der Waals surface area contributed by atoms with E-state index in [0.717, 1.165) is 0 Å². The van der Waals surface area contributed by atoms with Gasteiger partial charge < -0.3 is 15.1 Å². The maximum Gasteiger partial charge on any atom is 0.317 e. The fourth-order valence-corrected chi connectivity index (χ4v) is 4.47. The first kappa shape index (κ1) is 19.6. The van der Waals surface area contributed by atoms with Gasteiger partial charge in [0.05, 0.1) is 5.25 Å². The zero-order chi connectivity index (χ0) is 18.6. The topological polar surface area (TPSA) is 52.7 Å². The highest BCUT2D eigenvalue weighted by Gasteiger charge is 2.39. The molecule has 1 saturated heterocycles. The second-order valence-corrected chi connectivity index (χ2v) is 8.07. The van der Waals surface area contributed by atoms with Gasteiger partial charge in [-0.1, -0.05) is 24.3 Å². The van der Waals surface area contributed by atoms with Gasteiger partial charge in [-0.25, -0.2) is 4.79 Å². The lowest BCUT2D eigenvalue weighted by molar-refractivity contribution is -0.130. The smallest absolute Gasteiger partial charge is 0.317 e. The summed E-state index contributed by atoms with van der Waals surface area (Å²) < 4.78 is 0. The molecule has 2 rings (SSSR count). The van der Waals surface area contributed by atoms with E-state index in [0.29, 0.717) is 19.6 Å². The van der Waals surface area contributed by atoms with Crippen LogP contribution in [0.25, 0.3) is 0 Å². The summed E-state index contributed by atoms with van der Waals surface area (Å²) in [6.45, 7) is 11.6. The molecule has 1 fully saturated rings. The molecule has 1 aliphatic heterocycles. The summed E-state index contributed by atoms with van der Waals surface area (Å²) in [4.78, 5) is 28.6. The minimum absolute atomic E-state index is 0.0203. The van der Waals surface area contributed by atoms with Crippen molar-refractivity contribution in [3.8, 4) is 0 Å². The van der Waals surface area contributed by atoms with E-state index in [-0.39, 0.29) is 28.6 Å². The molecule has 3 amide bonds. The van der Waals surface area contributed by atoms with E-state index in [2.05, 4.69) is 24.4 Å². The first-order chi connectivity index (χ1) is 11.9. The van der Waals surface area contributed by atoms with Gasteiger partial charge in [-0.05, 0) is 45.7 Å². The third kappa shape index (κ3) is 4.48. The summed E-state index contributed by atoms with van der Waals surface area (Å²) in [6.07, 6.45) is 0. The number of nitrogens with zero attached hydrogens (tertiary/aromatic N) is 2. The summed E-state index contributed by atoms with van der Waals surface area (Å²) >= 11 is 1.69. The second kappa shape index (κ2) is 8.61. The lowest BCUT2D eigenvalue weighted by Crippen LogP contribution is -2.48. The number of urea groups is 1. The molecule has 0 bridgehead atoms. The van der Waals surface area contributed by atoms with Crippen LogP contribution in [0.2, 0.25) is 0 Å². The number of benzene rings is 1. The number of carbonyl (C=O) groups excluding carboxylic acids is 2. The Bertz CT molecular complexity index is 620. The summed E-state index contributed by atoms with van der Waals surface area (Å²) in [7, 11) is 0. The van der Waals surface area contributed by atoms with Crippen LogP contribution in [-0.2, 0) is 4.79 Å². The Balaban J connectivity index is 2.15. The number of hydrogen-bond acceptors (Lipinski definition) is 3. The van der Waals surface area contributed by atoms with E-state index >= 15 is 0 Å². The molecule has 138 valence electrons. The molecule has 0 aliphatic carbocycles. The molecule has 5 nitrogen and oxygen atoms in total. The minimum Gasteiger partial charge on any atom is -0.338 e. The molecule has 1 aromatic carbocycles. The molecule has 1 heterocycles. The molecule has 0 aromatic heterocycles. The van der Waals surface area contributed by atoms with Crippen LogP contribution in [0.4, 0.5) is 4.79 Å². The van der Waals surface area contributed by atoms with Crippen molar-refractivity contribution in [1.82, 2.24) is 15.1 Å². The third-order valence-electron chi connectivity index (χ3n) is 4.50. The quantitative estimate of drug-likeness (QED) is 0.843. The molecule has 25 heavy (non-hydrogen) atoms. The Kier molecular flexibility index (Phi) is 6.76. The van der Waals surface area contributed by atoms with Crippen molar-refractivity contribution in [3.63, 3.8) is 0 Å². The van der Waals surface area contributed by atoms with E-state index in [9.17, 15) is 9.59 Å². The minimum atomic E-state index is -0.0720. The number of aryl methyl sites for hydroxylation is 1. The van der Waals surface area contributed by atoms with Crippen molar-refractivity contribution in [2.24, 2.45) is 0 Å². The number of nitrogens with one attached hydrogen (secondary N) is 1. The number of amides is 3. The molecule has 6 heteroatoms. The second-order valence-electron chi connectivity index (χ2n) is 6.64. The molecule has 0 radical (unpaired) electrons. The van der Waals surface area contributed by atoms with Crippen molar-refractivity contribution in [1.29, 1.82) is 0 Å². The van der Waals surface area contributed by atoms with Crippen molar-refractivity contribution >= 4 is 23.7 Å². The number of thioether (sulfide) groups is 1. The predicted octanol–water partition coefficient (Wildman–Crippen LogP) is 3.40. The van der Waals surface area contributed by atoms with Crippen LogP contribution >= 0.6 is 11.8 Å². The zero-order valence-corrected chi connectivity index (χ0v) is 16.6. The van der Waals surface area contributed by atoms with Gasteiger partial charge in [0, 0.05) is 25.7 Å². The van der Waals surface area contributed by atoms with Crippen LogP contribution in [0, 0.1) is 6.92 Å². The van der Waals surface area contributed by atoms with Gasteiger partial charge in [-0.15, -0.1) is 11.8 Å². The highest BCUT2D eigenvalue weighted by atomic mass is 32.2. The molecular weight excluding hydrogens is 334 g/mol. The molecular formula is C19H29N3O2S. The van der Waals surface area contributed by atoms with E-state index in [1.165, 1.54) is 11.1 Å². The normalized spacial score (nSPS) is 20.2. The van der Waals surface area contributed by atoms with E-state index in [4.69, 9.17) is 0 Å². The molecule has 1 aromatic rings. The number of hydrogen-bond donors (Lipinski definition) is 1. The first-order valence-corrected chi connectivity index (χ1v) is 9.87. The van der Waals surface area contributed by atoms with Crippen molar-refractivity contribution < 1.29 is 9.59 Å². The van der Waals surface area contributed by atoms with Crippen LogP contribution in [0.1, 0.15) is 44.2 Å². The molecule has 1 N–H and O–H groups in total. The average Bonchev–Trinajstić information content (AvgIpc) is 2.83. The molecule has 1 aliphatic rings. The largest absolute Gasteiger partial charge is 0.338 e. The van der Waals surface area contributed by atoms with Crippen LogP contribution in [-0.4, -0.2) is 52.7 Å². The van der Waals surface area contributed by atoms with Crippen LogP contribution in [0.3, 0.4) is 0 Å². The Morgan fingerprint density at radius 1 is 1.36 bits per heavy atom. The zero-order valence-electron chi connectivity index (χ0n) is 15.8. The van der Waals surface area contributed by atoms with Crippen molar-refractivity contribution in [2.45, 2.75) is 51.3 Å². The summed E-state index contributed by atoms with van der Waals surface area (Å²) in [5.41, 5.74) is 2.37. The van der Waals surface area contributed by atoms with Crippen molar-refractivity contribution in [2.75, 3.05) is 19.6 Å². The van der Waals surface area contributed by atoms with E-state index < -0.39 is 0 Å². The highest BCUT2D eigenvalue weighted by molar-refractivity contribution is 8.01. The monoisotopic (exact) mass is 363 g/mol. The van der Waals surface area contributed by atoms with E-state index in [1.807, 2.05) is 44.7 Å². The Hall–Kier alpha value is -1.69. The lowest BCUT2D eigenvalue weighted by atomic mass is 10.1. The van der Waals surface area contributed by atoms with Gasteiger partial charge in [0.2, 0.25) is 5.91 Å². The Morgan fingerprint density at radius 3 is 2.64 bits per heavy atom. The molecule has 2 atom stereocenters. The maximum atomic E-state index is 12.7. The predicted molar refractivity (Wildman–Crippen MR) is 104 cm³/mol. The SMILES string of the molecule is CCNC(=O)N(CCN1C(=O)C(C)SC1c1ccccc1C)C(C)C. The molecule has 2 unspecified atom stereocenters. The van der Waals surface area contributed by atoms with Gasteiger partial charge in [0.25, 0.3) is 0 Å². The fraction of sp³-hybridized carbons (Fsp3) is 0.579. The molecule has 0 spiro atoms. The van der Waals surface area contributed by atoms with Crippen LogP contribution in [0.15, 0.2) is 24.3 Å². The maximum absolute atomic E-state index is 12.7. The highest BCUT2D eigenvalue weighted by Crippen LogP contribution is 2.43. The Morgan fingerprint density at radius 2 is 2.04 bits per heavy atom. The summed E-state index contributed by atoms with van der Waals surface area (Å²) in [5, 5.41) is 2.82. The number of carbonyl (C=O) groups is 2. The standard InChI is InChI=1S/C19H29N3O2S/c1-6-20-19(24)21(13(2)3)11-12-22-17(23)15(5)25-18(22)16-10-8-7-9-14(16)4/h7-10,13,15,18H,6,11-12H2,1-5H3,(H,20,24).